The van der Waals surface area contributed by atoms with Gasteiger partial charge in [-0.15, -0.1) is 0 Å². The molecule has 0 aromatic heterocycles. The monoisotopic (exact) mass is 339 g/mol. The van der Waals surface area contributed by atoms with Gasteiger partial charge in [-0.05, 0) is 19.3 Å². The minimum atomic E-state index is -4.29. The lowest BCUT2D eigenvalue weighted by Gasteiger charge is -2.08. The predicted molar refractivity (Wildman–Crippen MR) is 64.7 cm³/mol. The van der Waals surface area contributed by atoms with Crippen LogP contribution < -0.4 is 4.72 Å². The first-order chi connectivity index (χ1) is 7.77. The smallest absolute Gasteiger partial charge is 0.215 e. The van der Waals surface area contributed by atoms with Crippen molar-refractivity contribution in [2.75, 3.05) is 17.6 Å². The van der Waals surface area contributed by atoms with Gasteiger partial charge in [0.2, 0.25) is 10.0 Å². The van der Waals surface area contributed by atoms with Gasteiger partial charge in [0.1, 0.15) is 0 Å². The van der Waals surface area contributed by atoms with Crippen LogP contribution in [-0.2, 0) is 10.0 Å². The Kier molecular flexibility index (Phi) is 8.40. The molecule has 8 heteroatoms. The van der Waals surface area contributed by atoms with Gasteiger partial charge in [-0.1, -0.05) is 22.4 Å². The third-order valence-electron chi connectivity index (χ3n) is 2.01. The molecule has 0 bridgehead atoms. The maximum atomic E-state index is 11.8. The minimum Gasteiger partial charge on any atom is -0.215 e. The summed E-state index contributed by atoms with van der Waals surface area (Å²) in [6, 6.07) is 0. The number of rotatable bonds is 9. The molecule has 104 valence electrons. The van der Waals surface area contributed by atoms with Crippen LogP contribution in [0.2, 0.25) is 0 Å². The Balaban J connectivity index is 3.67. The van der Waals surface area contributed by atoms with Crippen molar-refractivity contribution in [3.05, 3.63) is 0 Å². The summed E-state index contributed by atoms with van der Waals surface area (Å²) in [5.74, 6) is -0.467. The zero-order chi connectivity index (χ0) is 13.4. The Morgan fingerprint density at radius 2 is 1.71 bits per heavy atom. The highest BCUT2D eigenvalue weighted by molar-refractivity contribution is 9.09. The van der Waals surface area contributed by atoms with Crippen LogP contribution in [0, 0.1) is 0 Å². The summed E-state index contributed by atoms with van der Waals surface area (Å²) in [5, 5.41) is 0.866. The van der Waals surface area contributed by atoms with E-state index in [2.05, 4.69) is 20.7 Å². The second-order valence-corrected chi connectivity index (χ2v) is 6.40. The molecule has 0 aliphatic carbocycles. The first-order valence-electron chi connectivity index (χ1n) is 5.37. The molecule has 0 saturated heterocycles. The molecule has 0 spiro atoms. The number of hydrogen-bond acceptors (Lipinski definition) is 2. The molecule has 1 N–H and O–H groups in total. The number of nitrogens with one attached hydrogen (secondary N) is 1. The zero-order valence-electron chi connectivity index (χ0n) is 9.39. The molecule has 0 aliphatic rings. The van der Waals surface area contributed by atoms with Gasteiger partial charge in [0, 0.05) is 18.3 Å². The van der Waals surface area contributed by atoms with Crippen molar-refractivity contribution in [3.8, 4) is 0 Å². The summed E-state index contributed by atoms with van der Waals surface area (Å²) < 4.78 is 60.2. The molecule has 0 amide bonds. The lowest BCUT2D eigenvalue weighted by molar-refractivity contribution is -0.134. The van der Waals surface area contributed by atoms with Crippen LogP contribution in [0.25, 0.3) is 0 Å². The second kappa shape index (κ2) is 8.31. The Hall–Kier alpha value is 0.180. The summed E-state index contributed by atoms with van der Waals surface area (Å²) in [5.41, 5.74) is 0. The Morgan fingerprint density at radius 1 is 1.06 bits per heavy atom. The first kappa shape index (κ1) is 17.2. The number of unbranched alkanes of at least 4 members (excludes halogenated alkanes) is 2. The molecular weight excluding hydrogens is 323 g/mol. The van der Waals surface area contributed by atoms with E-state index in [1.165, 1.54) is 0 Å². The quantitative estimate of drug-likeness (QED) is 0.518. The van der Waals surface area contributed by atoms with Gasteiger partial charge < -0.3 is 0 Å². The molecule has 0 atom stereocenters. The van der Waals surface area contributed by atoms with Crippen molar-refractivity contribution in [2.24, 2.45) is 0 Å². The van der Waals surface area contributed by atoms with Gasteiger partial charge in [-0.25, -0.2) is 13.1 Å². The van der Waals surface area contributed by atoms with Gasteiger partial charge in [-0.2, -0.15) is 13.2 Å². The van der Waals surface area contributed by atoms with E-state index in [1.807, 2.05) is 0 Å². The highest BCUT2D eigenvalue weighted by Gasteiger charge is 2.27. The Bertz CT molecular complexity index is 293. The summed E-state index contributed by atoms with van der Waals surface area (Å²) in [4.78, 5) is 0. The molecule has 0 rings (SSSR count). The molecule has 0 aromatic carbocycles. The minimum absolute atomic E-state index is 0.293. The fourth-order valence-electron chi connectivity index (χ4n) is 1.16. The standard InChI is InChI=1S/C9H17BrF3NO2S/c10-6-2-1-3-7-14-17(15,16)8-4-5-9(11,12)13/h14H,1-8H2. The molecule has 0 aliphatic heterocycles. The molecule has 0 aromatic rings. The molecule has 17 heavy (non-hydrogen) atoms. The molecular formula is C9H17BrF3NO2S. The third-order valence-corrected chi connectivity index (χ3v) is 4.04. The van der Waals surface area contributed by atoms with E-state index in [-0.39, 0.29) is 6.42 Å². The number of hydrogen-bond donors (Lipinski definition) is 1. The Morgan fingerprint density at radius 3 is 2.24 bits per heavy atom. The summed E-state index contributed by atoms with van der Waals surface area (Å²) in [6.45, 7) is 0.293. The van der Waals surface area contributed by atoms with Crippen LogP contribution in [0.5, 0.6) is 0 Å². The van der Waals surface area contributed by atoms with Crippen molar-refractivity contribution in [2.45, 2.75) is 38.3 Å². The van der Waals surface area contributed by atoms with Gasteiger partial charge in [0.25, 0.3) is 0 Å². The van der Waals surface area contributed by atoms with Crippen LogP contribution in [-0.4, -0.2) is 32.2 Å². The second-order valence-electron chi connectivity index (χ2n) is 3.68. The fourth-order valence-corrected chi connectivity index (χ4v) is 2.68. The van der Waals surface area contributed by atoms with Gasteiger partial charge in [0.15, 0.2) is 0 Å². The van der Waals surface area contributed by atoms with E-state index in [1.54, 1.807) is 0 Å². The molecule has 0 radical (unpaired) electrons. The van der Waals surface area contributed by atoms with E-state index in [0.29, 0.717) is 13.0 Å². The van der Waals surface area contributed by atoms with Crippen LogP contribution in [0.3, 0.4) is 0 Å². The van der Waals surface area contributed by atoms with E-state index >= 15 is 0 Å². The molecule has 0 heterocycles. The first-order valence-corrected chi connectivity index (χ1v) is 8.14. The third kappa shape index (κ3) is 12.4. The van der Waals surface area contributed by atoms with Crippen molar-refractivity contribution in [1.82, 2.24) is 4.72 Å². The maximum Gasteiger partial charge on any atom is 0.389 e. The normalized spacial score (nSPS) is 12.9. The number of halogens is 4. The van der Waals surface area contributed by atoms with Crippen LogP contribution >= 0.6 is 15.9 Å². The predicted octanol–water partition coefficient (Wildman–Crippen LogP) is 2.81. The van der Waals surface area contributed by atoms with E-state index in [0.717, 1.165) is 18.2 Å². The van der Waals surface area contributed by atoms with E-state index in [9.17, 15) is 21.6 Å². The maximum absolute atomic E-state index is 11.8. The average molecular weight is 340 g/mol. The van der Waals surface area contributed by atoms with E-state index in [4.69, 9.17) is 0 Å². The largest absolute Gasteiger partial charge is 0.389 e. The number of sulfonamides is 1. The highest BCUT2D eigenvalue weighted by Crippen LogP contribution is 2.21. The molecule has 0 fully saturated rings. The van der Waals surface area contributed by atoms with Crippen LogP contribution in [0.1, 0.15) is 32.1 Å². The lowest BCUT2D eigenvalue weighted by Crippen LogP contribution is -2.28. The topological polar surface area (TPSA) is 46.2 Å². The van der Waals surface area contributed by atoms with Crippen molar-refractivity contribution >= 4 is 26.0 Å². The molecule has 0 unspecified atom stereocenters. The SMILES string of the molecule is O=S(=O)(CCCC(F)(F)F)NCCCCCBr. The Labute approximate surface area is 108 Å². The van der Waals surface area contributed by atoms with Gasteiger partial charge >= 0.3 is 6.18 Å². The van der Waals surface area contributed by atoms with Crippen molar-refractivity contribution in [3.63, 3.8) is 0 Å². The van der Waals surface area contributed by atoms with Crippen LogP contribution in [0.4, 0.5) is 13.2 Å². The van der Waals surface area contributed by atoms with Crippen molar-refractivity contribution in [1.29, 1.82) is 0 Å². The molecule has 3 nitrogen and oxygen atoms in total. The van der Waals surface area contributed by atoms with Crippen LogP contribution in [0.15, 0.2) is 0 Å². The van der Waals surface area contributed by atoms with E-state index < -0.39 is 28.4 Å². The lowest BCUT2D eigenvalue weighted by atomic mass is 10.3. The summed E-state index contributed by atoms with van der Waals surface area (Å²) in [7, 11) is -3.55. The average Bonchev–Trinajstić information content (AvgIpc) is 2.14. The number of alkyl halides is 4. The molecule has 0 saturated carbocycles. The van der Waals surface area contributed by atoms with Gasteiger partial charge in [0.05, 0.1) is 5.75 Å². The summed E-state index contributed by atoms with van der Waals surface area (Å²) in [6.07, 6.45) is -3.20. The zero-order valence-corrected chi connectivity index (χ0v) is 11.8. The van der Waals surface area contributed by atoms with Gasteiger partial charge in [-0.3, -0.25) is 0 Å². The summed E-state index contributed by atoms with van der Waals surface area (Å²) >= 11 is 3.25. The van der Waals surface area contributed by atoms with Crippen molar-refractivity contribution < 1.29 is 21.6 Å². The fraction of sp³-hybridized carbons (Fsp3) is 1.00. The highest BCUT2D eigenvalue weighted by atomic mass is 79.9.